The van der Waals surface area contributed by atoms with E-state index in [2.05, 4.69) is 11.4 Å². The number of para-hydroxylation sites is 1. The number of nitrogens with one attached hydrogen (secondary N) is 1. The summed E-state index contributed by atoms with van der Waals surface area (Å²) in [6.45, 7) is 0.647. The van der Waals surface area contributed by atoms with Gasteiger partial charge in [-0.2, -0.15) is 5.26 Å². The average molecular weight is 282 g/mol. The second-order valence-corrected chi connectivity index (χ2v) is 4.69. The third kappa shape index (κ3) is 5.17. The zero-order valence-corrected chi connectivity index (χ0v) is 11.7. The Morgan fingerprint density at radius 2 is 1.81 bits per heavy atom. The smallest absolute Gasteiger partial charge is 0.119 e. The third-order valence-corrected chi connectivity index (χ3v) is 2.96. The summed E-state index contributed by atoms with van der Waals surface area (Å²) >= 11 is 0. The molecule has 0 aromatic heterocycles. The molecule has 2 aromatic carbocycles. The fraction of sp³-hybridized carbons (Fsp3) is 0.235. The molecule has 0 saturated carbocycles. The first kappa shape index (κ1) is 14.9. The minimum atomic E-state index is -0.594. The van der Waals surface area contributed by atoms with Gasteiger partial charge in [-0.1, -0.05) is 30.3 Å². The minimum Gasteiger partial charge on any atom is -0.491 e. The van der Waals surface area contributed by atoms with Crippen molar-refractivity contribution in [1.82, 2.24) is 0 Å². The number of hydrogen-bond donors (Lipinski definition) is 2. The van der Waals surface area contributed by atoms with Crippen molar-refractivity contribution < 1.29 is 9.84 Å². The Balaban J connectivity index is 1.73. The van der Waals surface area contributed by atoms with Gasteiger partial charge in [0.25, 0.3) is 0 Å². The van der Waals surface area contributed by atoms with Gasteiger partial charge < -0.3 is 15.2 Å². The van der Waals surface area contributed by atoms with Gasteiger partial charge in [0.2, 0.25) is 0 Å². The number of rotatable bonds is 7. The zero-order chi connectivity index (χ0) is 14.9. The van der Waals surface area contributed by atoms with Crippen molar-refractivity contribution in [3.05, 3.63) is 60.2 Å². The standard InChI is InChI=1S/C17H18N2O2/c18-11-10-14-6-8-15(9-7-14)19-12-16(20)13-21-17-4-2-1-3-5-17/h1-9,16,19-20H,10,12-13H2. The molecule has 2 aromatic rings. The molecule has 0 saturated heterocycles. The SMILES string of the molecule is N#CCc1ccc(NCC(O)COc2ccccc2)cc1. The number of benzene rings is 2. The number of nitriles is 1. The topological polar surface area (TPSA) is 65.3 Å². The first-order valence-electron chi connectivity index (χ1n) is 6.83. The van der Waals surface area contributed by atoms with Gasteiger partial charge in [-0.25, -0.2) is 0 Å². The van der Waals surface area contributed by atoms with Crippen LogP contribution in [0.3, 0.4) is 0 Å². The Morgan fingerprint density at radius 3 is 2.48 bits per heavy atom. The van der Waals surface area contributed by atoms with Gasteiger partial charge >= 0.3 is 0 Å². The average Bonchev–Trinajstić information content (AvgIpc) is 2.53. The van der Waals surface area contributed by atoms with Gasteiger partial charge in [0.1, 0.15) is 18.5 Å². The molecule has 4 heteroatoms. The van der Waals surface area contributed by atoms with E-state index in [-0.39, 0.29) is 6.61 Å². The van der Waals surface area contributed by atoms with Gasteiger partial charge in [0.15, 0.2) is 0 Å². The third-order valence-electron chi connectivity index (χ3n) is 2.96. The van der Waals surface area contributed by atoms with E-state index >= 15 is 0 Å². The van der Waals surface area contributed by atoms with Crippen LogP contribution < -0.4 is 10.1 Å². The van der Waals surface area contributed by atoms with Crippen LogP contribution in [-0.2, 0) is 6.42 Å². The summed E-state index contributed by atoms with van der Waals surface area (Å²) in [5.41, 5.74) is 1.89. The highest BCUT2D eigenvalue weighted by Crippen LogP contribution is 2.11. The van der Waals surface area contributed by atoms with E-state index in [9.17, 15) is 5.11 Å². The number of ether oxygens (including phenoxy) is 1. The van der Waals surface area contributed by atoms with Crippen molar-refractivity contribution >= 4 is 5.69 Å². The summed E-state index contributed by atoms with van der Waals surface area (Å²) in [5.74, 6) is 0.748. The monoisotopic (exact) mass is 282 g/mol. The van der Waals surface area contributed by atoms with Crippen molar-refractivity contribution in [2.75, 3.05) is 18.5 Å². The fourth-order valence-electron chi connectivity index (χ4n) is 1.84. The Bertz CT molecular complexity index is 576. The van der Waals surface area contributed by atoms with Crippen LogP contribution in [0.2, 0.25) is 0 Å². The Morgan fingerprint density at radius 1 is 1.10 bits per heavy atom. The van der Waals surface area contributed by atoms with E-state index in [1.54, 1.807) is 0 Å². The lowest BCUT2D eigenvalue weighted by molar-refractivity contribution is 0.117. The second kappa shape index (κ2) is 7.93. The quantitative estimate of drug-likeness (QED) is 0.819. The predicted octanol–water partition coefficient (Wildman–Crippen LogP) is 2.60. The molecule has 0 aliphatic rings. The molecule has 0 aliphatic heterocycles. The van der Waals surface area contributed by atoms with Gasteiger partial charge in [0.05, 0.1) is 12.5 Å². The van der Waals surface area contributed by atoms with Crippen molar-refractivity contribution in [3.8, 4) is 11.8 Å². The van der Waals surface area contributed by atoms with Crippen LogP contribution in [0.25, 0.3) is 0 Å². The number of aliphatic hydroxyl groups is 1. The van der Waals surface area contributed by atoms with Crippen molar-refractivity contribution in [1.29, 1.82) is 5.26 Å². The van der Waals surface area contributed by atoms with E-state index in [1.165, 1.54) is 0 Å². The van der Waals surface area contributed by atoms with Crippen molar-refractivity contribution in [3.63, 3.8) is 0 Å². The highest BCUT2D eigenvalue weighted by atomic mass is 16.5. The van der Waals surface area contributed by atoms with Crippen molar-refractivity contribution in [2.45, 2.75) is 12.5 Å². The highest BCUT2D eigenvalue weighted by molar-refractivity contribution is 5.45. The largest absolute Gasteiger partial charge is 0.491 e. The van der Waals surface area contributed by atoms with Gasteiger partial charge in [-0.3, -0.25) is 0 Å². The number of anilines is 1. The van der Waals surface area contributed by atoms with Crippen molar-refractivity contribution in [2.24, 2.45) is 0 Å². The summed E-state index contributed by atoms with van der Waals surface area (Å²) in [5, 5.41) is 21.6. The molecule has 0 heterocycles. The maximum atomic E-state index is 9.88. The van der Waals surface area contributed by atoms with E-state index in [1.807, 2.05) is 54.6 Å². The van der Waals surface area contributed by atoms with E-state index in [4.69, 9.17) is 10.00 Å². The highest BCUT2D eigenvalue weighted by Gasteiger charge is 2.05. The predicted molar refractivity (Wildman–Crippen MR) is 82.2 cm³/mol. The maximum absolute atomic E-state index is 9.88. The van der Waals surface area contributed by atoms with Crippen LogP contribution in [0.15, 0.2) is 54.6 Å². The van der Waals surface area contributed by atoms with Crippen LogP contribution in [0.4, 0.5) is 5.69 Å². The fourth-order valence-corrected chi connectivity index (χ4v) is 1.84. The van der Waals surface area contributed by atoms with Crippen LogP contribution in [0.5, 0.6) is 5.75 Å². The molecule has 0 spiro atoms. The molecule has 0 aliphatic carbocycles. The minimum absolute atomic E-state index is 0.240. The lowest BCUT2D eigenvalue weighted by atomic mass is 10.1. The molecule has 1 unspecified atom stereocenters. The maximum Gasteiger partial charge on any atom is 0.119 e. The summed E-state index contributed by atoms with van der Waals surface area (Å²) in [6.07, 6.45) is -0.183. The molecule has 1 atom stereocenters. The molecular formula is C17H18N2O2. The zero-order valence-electron chi connectivity index (χ0n) is 11.7. The molecule has 2 rings (SSSR count). The summed E-state index contributed by atoms with van der Waals surface area (Å²) in [4.78, 5) is 0. The normalized spacial score (nSPS) is 11.4. The van der Waals surface area contributed by atoms with Crippen LogP contribution in [-0.4, -0.2) is 24.4 Å². The first-order valence-corrected chi connectivity index (χ1v) is 6.83. The number of aliphatic hydroxyl groups excluding tert-OH is 1. The Hall–Kier alpha value is -2.51. The van der Waals surface area contributed by atoms with E-state index in [0.717, 1.165) is 17.0 Å². The lowest BCUT2D eigenvalue weighted by Gasteiger charge is -2.14. The van der Waals surface area contributed by atoms with Gasteiger partial charge in [0, 0.05) is 12.2 Å². The van der Waals surface area contributed by atoms with Crippen LogP contribution in [0.1, 0.15) is 5.56 Å². The molecule has 0 amide bonds. The van der Waals surface area contributed by atoms with E-state index in [0.29, 0.717) is 13.0 Å². The Kier molecular flexibility index (Phi) is 5.62. The Labute approximate surface area is 124 Å². The van der Waals surface area contributed by atoms with E-state index < -0.39 is 6.10 Å². The molecule has 2 N–H and O–H groups in total. The summed E-state index contributed by atoms with van der Waals surface area (Å²) < 4.78 is 5.48. The molecule has 108 valence electrons. The molecular weight excluding hydrogens is 264 g/mol. The molecule has 0 fully saturated rings. The van der Waals surface area contributed by atoms with Gasteiger partial charge in [-0.15, -0.1) is 0 Å². The lowest BCUT2D eigenvalue weighted by Crippen LogP contribution is -2.26. The number of nitrogens with zero attached hydrogens (tertiary/aromatic N) is 1. The van der Waals surface area contributed by atoms with Crippen LogP contribution >= 0.6 is 0 Å². The second-order valence-electron chi connectivity index (χ2n) is 4.69. The molecule has 0 bridgehead atoms. The van der Waals surface area contributed by atoms with Gasteiger partial charge in [-0.05, 0) is 29.8 Å². The first-order chi connectivity index (χ1) is 10.3. The number of hydrogen-bond acceptors (Lipinski definition) is 4. The molecule has 0 radical (unpaired) electrons. The summed E-state index contributed by atoms with van der Waals surface area (Å²) in [6, 6.07) is 19.1. The molecule has 21 heavy (non-hydrogen) atoms. The summed E-state index contributed by atoms with van der Waals surface area (Å²) in [7, 11) is 0. The molecule has 4 nitrogen and oxygen atoms in total. The van der Waals surface area contributed by atoms with Crippen LogP contribution in [0, 0.1) is 11.3 Å².